The maximum Gasteiger partial charge on any atom is 0.258 e. The number of hydrogen-bond acceptors (Lipinski definition) is 7. The minimum absolute atomic E-state index is 0.0137. The lowest BCUT2D eigenvalue weighted by Gasteiger charge is -2.39. The molecule has 2 N–H and O–H groups in total. The number of aliphatic hydroxyl groups is 1. The largest absolute Gasteiger partial charge is 0.486 e. The number of benzene rings is 1. The predicted molar refractivity (Wildman–Crippen MR) is 146 cm³/mol. The van der Waals surface area contributed by atoms with Crippen LogP contribution in [-0.2, 0) is 4.79 Å². The maximum atomic E-state index is 13.6. The summed E-state index contributed by atoms with van der Waals surface area (Å²) >= 11 is 0. The predicted octanol–water partition coefficient (Wildman–Crippen LogP) is 2.74. The number of hydrogen-bond donors (Lipinski definition) is 2. The van der Waals surface area contributed by atoms with Gasteiger partial charge >= 0.3 is 0 Å². The van der Waals surface area contributed by atoms with Crippen LogP contribution in [0.15, 0.2) is 28.2 Å². The van der Waals surface area contributed by atoms with E-state index in [4.69, 9.17) is 4.74 Å². The molecule has 9 nitrogen and oxygen atoms in total. The Morgan fingerprint density at radius 1 is 1.22 bits per heavy atom. The van der Waals surface area contributed by atoms with Crippen LogP contribution in [0.25, 0.3) is 0 Å². The number of amides is 2. The fourth-order valence-corrected chi connectivity index (χ4v) is 5.35. The van der Waals surface area contributed by atoms with Gasteiger partial charge in [-0.2, -0.15) is 0 Å². The zero-order valence-corrected chi connectivity index (χ0v) is 22.3. The van der Waals surface area contributed by atoms with E-state index in [-0.39, 0.29) is 42.4 Å². The lowest BCUT2D eigenvalue weighted by Crippen LogP contribution is -2.50. The van der Waals surface area contributed by atoms with E-state index in [1.807, 2.05) is 19.4 Å². The van der Waals surface area contributed by atoms with Gasteiger partial charge in [0, 0.05) is 44.6 Å². The molecule has 3 heterocycles. The number of fused-ring (bicyclic) bond motifs is 1. The van der Waals surface area contributed by atoms with E-state index in [2.05, 4.69) is 34.2 Å². The van der Waals surface area contributed by atoms with Gasteiger partial charge in [-0.1, -0.05) is 13.0 Å². The van der Waals surface area contributed by atoms with Gasteiger partial charge in [0.1, 0.15) is 6.10 Å². The zero-order chi connectivity index (χ0) is 26.4. The van der Waals surface area contributed by atoms with Crippen molar-refractivity contribution < 1.29 is 19.4 Å². The van der Waals surface area contributed by atoms with Gasteiger partial charge in [-0.3, -0.25) is 19.6 Å². The SMILES string of the molecule is C[C@@H]1CN([C@@H](C)CO)C(=O)c2cccc(NC(=O)C3CC=NCC3)c2O[C@H]1CN(C)CC1CC=NCC1. The van der Waals surface area contributed by atoms with Gasteiger partial charge in [-0.05, 0) is 70.1 Å². The number of nitrogens with one attached hydrogen (secondary N) is 1. The second kappa shape index (κ2) is 12.6. The van der Waals surface area contributed by atoms with Crippen molar-refractivity contribution in [1.82, 2.24) is 9.80 Å². The third kappa shape index (κ3) is 6.76. The van der Waals surface area contributed by atoms with Crippen LogP contribution in [0.3, 0.4) is 0 Å². The topological polar surface area (TPSA) is 107 Å². The summed E-state index contributed by atoms with van der Waals surface area (Å²) in [5.41, 5.74) is 0.923. The number of carbonyl (C=O) groups is 2. The van der Waals surface area contributed by atoms with Crippen LogP contribution in [0.5, 0.6) is 5.75 Å². The number of aliphatic hydroxyl groups excluding tert-OH is 1. The Morgan fingerprint density at radius 3 is 2.65 bits per heavy atom. The molecule has 3 aliphatic heterocycles. The average Bonchev–Trinajstić information content (AvgIpc) is 2.91. The van der Waals surface area contributed by atoms with Crippen LogP contribution in [0, 0.1) is 17.8 Å². The molecule has 0 radical (unpaired) electrons. The first-order chi connectivity index (χ1) is 17.9. The second-order valence-electron chi connectivity index (χ2n) is 10.8. The summed E-state index contributed by atoms with van der Waals surface area (Å²) in [5.74, 6) is 0.565. The molecular formula is C28H41N5O4. The quantitative estimate of drug-likeness (QED) is 0.558. The van der Waals surface area contributed by atoms with Crippen molar-refractivity contribution in [3.8, 4) is 5.75 Å². The van der Waals surface area contributed by atoms with Gasteiger partial charge in [-0.15, -0.1) is 0 Å². The molecule has 0 saturated heterocycles. The molecule has 5 atom stereocenters. The molecule has 1 aromatic rings. The lowest BCUT2D eigenvalue weighted by atomic mass is 9.96. The summed E-state index contributed by atoms with van der Waals surface area (Å²) < 4.78 is 6.64. The van der Waals surface area contributed by atoms with Crippen LogP contribution in [0.4, 0.5) is 5.69 Å². The van der Waals surface area contributed by atoms with Crippen LogP contribution in [-0.4, -0.2) is 97.7 Å². The Bertz CT molecular complexity index is 1010. The smallest absolute Gasteiger partial charge is 0.258 e. The Morgan fingerprint density at radius 2 is 1.97 bits per heavy atom. The van der Waals surface area contributed by atoms with Crippen LogP contribution >= 0.6 is 0 Å². The van der Waals surface area contributed by atoms with Crippen molar-refractivity contribution in [3.63, 3.8) is 0 Å². The number of rotatable bonds is 8. The molecule has 3 aliphatic rings. The van der Waals surface area contributed by atoms with Gasteiger partial charge in [-0.25, -0.2) is 0 Å². The Kier molecular flexibility index (Phi) is 9.32. The van der Waals surface area contributed by atoms with E-state index in [1.165, 1.54) is 0 Å². The number of ether oxygens (including phenoxy) is 1. The molecule has 0 aliphatic carbocycles. The van der Waals surface area contributed by atoms with Crippen molar-refractivity contribution in [1.29, 1.82) is 0 Å². The highest BCUT2D eigenvalue weighted by Crippen LogP contribution is 2.35. The normalized spacial score (nSPS) is 26.7. The molecule has 1 aromatic carbocycles. The number of aliphatic imine (C=N–C) groups is 2. The number of nitrogens with zero attached hydrogens (tertiary/aromatic N) is 4. The molecular weight excluding hydrogens is 470 g/mol. The summed E-state index contributed by atoms with van der Waals surface area (Å²) in [6, 6.07) is 4.99. The Labute approximate surface area is 220 Å². The standard InChI is InChI=1S/C28H41N5O4/c1-19-15-33(20(2)18-34)28(36)23-5-4-6-24(31-27(35)22-9-13-30-14-10-22)26(23)37-25(19)17-32(3)16-21-7-11-29-12-8-21/h4-6,11,13,19-22,25,34H,7-10,12,14-18H2,1-3H3,(H,31,35)/t19-,20+,21?,22?,25+/m1/s1. The summed E-state index contributed by atoms with van der Waals surface area (Å²) in [6.07, 6.45) is 7.02. The number of likely N-dealkylation sites (N-methyl/N-ethyl adjacent to an activating group) is 1. The molecule has 0 saturated carbocycles. The summed E-state index contributed by atoms with van der Waals surface area (Å²) in [7, 11) is 2.11. The minimum atomic E-state index is -0.333. The minimum Gasteiger partial charge on any atom is -0.486 e. The van der Waals surface area contributed by atoms with Gasteiger partial charge in [0.2, 0.25) is 5.91 Å². The second-order valence-corrected chi connectivity index (χ2v) is 10.8. The van der Waals surface area contributed by atoms with E-state index in [1.54, 1.807) is 23.1 Å². The highest BCUT2D eigenvalue weighted by Gasteiger charge is 2.35. The molecule has 4 rings (SSSR count). The maximum absolute atomic E-state index is 13.6. The third-order valence-corrected chi connectivity index (χ3v) is 7.74. The van der Waals surface area contributed by atoms with Crippen molar-refractivity contribution in [2.45, 2.75) is 51.7 Å². The van der Waals surface area contributed by atoms with Gasteiger partial charge in [0.25, 0.3) is 5.91 Å². The fourth-order valence-electron chi connectivity index (χ4n) is 5.35. The molecule has 2 unspecified atom stereocenters. The molecule has 9 heteroatoms. The van der Waals surface area contributed by atoms with E-state index in [0.29, 0.717) is 55.4 Å². The highest BCUT2D eigenvalue weighted by atomic mass is 16.5. The fraction of sp³-hybridized carbons (Fsp3) is 0.643. The van der Waals surface area contributed by atoms with E-state index in [0.717, 1.165) is 25.9 Å². The summed E-state index contributed by atoms with van der Waals surface area (Å²) in [4.78, 5) is 39.3. The summed E-state index contributed by atoms with van der Waals surface area (Å²) in [6.45, 7) is 7.46. The molecule has 0 spiro atoms. The van der Waals surface area contributed by atoms with E-state index in [9.17, 15) is 14.7 Å². The Balaban J connectivity index is 1.61. The Hall–Kier alpha value is -2.78. The molecule has 0 bridgehead atoms. The van der Waals surface area contributed by atoms with Gasteiger partial charge in [0.15, 0.2) is 5.75 Å². The number of para-hydroxylation sites is 1. The van der Waals surface area contributed by atoms with Crippen molar-refractivity contribution in [3.05, 3.63) is 23.8 Å². The number of carbonyl (C=O) groups excluding carboxylic acids is 2. The first-order valence-electron chi connectivity index (χ1n) is 13.5. The van der Waals surface area contributed by atoms with Gasteiger partial charge < -0.3 is 25.0 Å². The van der Waals surface area contributed by atoms with E-state index < -0.39 is 0 Å². The van der Waals surface area contributed by atoms with Crippen molar-refractivity contribution in [2.24, 2.45) is 27.7 Å². The molecule has 2 amide bonds. The van der Waals surface area contributed by atoms with Gasteiger partial charge in [0.05, 0.1) is 23.9 Å². The first kappa shape index (κ1) is 27.3. The summed E-state index contributed by atoms with van der Waals surface area (Å²) in [5, 5.41) is 12.9. The van der Waals surface area contributed by atoms with Crippen LogP contribution in [0.1, 0.15) is 49.9 Å². The van der Waals surface area contributed by atoms with E-state index >= 15 is 0 Å². The lowest BCUT2D eigenvalue weighted by molar-refractivity contribution is -0.119. The monoisotopic (exact) mass is 511 g/mol. The van der Waals surface area contributed by atoms with Crippen molar-refractivity contribution in [2.75, 3.05) is 51.7 Å². The molecule has 202 valence electrons. The highest BCUT2D eigenvalue weighted by molar-refractivity contribution is 6.02. The molecule has 0 fully saturated rings. The third-order valence-electron chi connectivity index (χ3n) is 7.74. The van der Waals surface area contributed by atoms with Crippen molar-refractivity contribution >= 4 is 29.9 Å². The molecule has 37 heavy (non-hydrogen) atoms. The number of anilines is 1. The van der Waals surface area contributed by atoms with Crippen LogP contribution < -0.4 is 10.1 Å². The van der Waals surface area contributed by atoms with Crippen LogP contribution in [0.2, 0.25) is 0 Å². The molecule has 0 aromatic heterocycles. The first-order valence-corrected chi connectivity index (χ1v) is 13.5. The average molecular weight is 512 g/mol. The zero-order valence-electron chi connectivity index (χ0n) is 22.3.